The average molecular weight is 445 g/mol. The monoisotopic (exact) mass is 444 g/mol. The van der Waals surface area contributed by atoms with Crippen LogP contribution >= 0.6 is 0 Å². The van der Waals surface area contributed by atoms with Gasteiger partial charge in [0.25, 0.3) is 0 Å². The second-order valence-corrected chi connectivity index (χ2v) is 10.2. The summed E-state index contributed by atoms with van der Waals surface area (Å²) in [4.78, 5) is 0. The van der Waals surface area contributed by atoms with Crippen molar-refractivity contribution in [2.45, 2.75) is 95.3 Å². The quantitative estimate of drug-likeness (QED) is 0.402. The van der Waals surface area contributed by atoms with Crippen molar-refractivity contribution in [1.82, 2.24) is 0 Å². The zero-order valence-corrected chi connectivity index (χ0v) is 20.1. The van der Waals surface area contributed by atoms with Crippen LogP contribution in [0.4, 0.5) is 0 Å². The van der Waals surface area contributed by atoms with Gasteiger partial charge in [-0.05, 0) is 83.7 Å². The molecule has 0 atom stereocenters. The zero-order valence-electron chi connectivity index (χ0n) is 20.1. The summed E-state index contributed by atoms with van der Waals surface area (Å²) in [5.74, 6) is 1.73. The molecule has 2 nitrogen and oxygen atoms in total. The van der Waals surface area contributed by atoms with Gasteiger partial charge in [0.05, 0.1) is 0 Å². The van der Waals surface area contributed by atoms with Crippen LogP contribution in [0.1, 0.15) is 109 Å². The number of hydrogen-bond acceptors (Lipinski definition) is 2. The first kappa shape index (κ1) is 23.7. The molecule has 0 heterocycles. The maximum absolute atomic E-state index is 11.4. The molecule has 33 heavy (non-hydrogen) atoms. The van der Waals surface area contributed by atoms with Gasteiger partial charge < -0.3 is 10.2 Å². The van der Waals surface area contributed by atoms with Crippen LogP contribution in [0, 0.1) is 0 Å². The third-order valence-corrected chi connectivity index (χ3v) is 7.79. The SMILES string of the molecule is C=CCc1cc(Cc2cc(CC=C)cc(C3CCCCC3)c2O)c(O)c(C2CCCCC2)c1. The number of benzene rings is 2. The van der Waals surface area contributed by atoms with E-state index in [4.69, 9.17) is 0 Å². The number of rotatable bonds is 8. The fraction of sp³-hybridized carbons (Fsp3) is 0.484. The Morgan fingerprint density at radius 1 is 0.636 bits per heavy atom. The molecule has 2 aromatic carbocycles. The molecule has 2 aliphatic carbocycles. The molecule has 0 spiro atoms. The number of phenolic OH excluding ortho intramolecular Hbond substituents is 2. The van der Waals surface area contributed by atoms with Crippen LogP contribution in [0.25, 0.3) is 0 Å². The molecule has 2 aromatic rings. The molecule has 2 N–H and O–H groups in total. The smallest absolute Gasteiger partial charge is 0.122 e. The molecule has 0 saturated heterocycles. The minimum absolute atomic E-state index is 0.431. The lowest BCUT2D eigenvalue weighted by Gasteiger charge is -2.26. The number of allylic oxidation sites excluding steroid dienone is 2. The summed E-state index contributed by atoms with van der Waals surface area (Å²) in [6.07, 6.45) is 18.1. The van der Waals surface area contributed by atoms with Crippen molar-refractivity contribution in [3.8, 4) is 11.5 Å². The third kappa shape index (κ3) is 5.54. The van der Waals surface area contributed by atoms with E-state index in [0.29, 0.717) is 29.8 Å². The highest BCUT2D eigenvalue weighted by atomic mass is 16.3. The number of aromatic hydroxyl groups is 2. The van der Waals surface area contributed by atoms with E-state index in [1.165, 1.54) is 49.7 Å². The fourth-order valence-corrected chi connectivity index (χ4v) is 6.07. The first-order chi connectivity index (χ1) is 16.1. The van der Waals surface area contributed by atoms with Gasteiger partial charge in [0, 0.05) is 6.42 Å². The maximum atomic E-state index is 11.4. The van der Waals surface area contributed by atoms with Gasteiger partial charge in [-0.3, -0.25) is 0 Å². The number of phenols is 2. The molecule has 2 aliphatic rings. The Bertz CT molecular complexity index is 895. The van der Waals surface area contributed by atoms with Crippen LogP contribution in [-0.2, 0) is 19.3 Å². The van der Waals surface area contributed by atoms with Crippen LogP contribution in [-0.4, -0.2) is 10.2 Å². The van der Waals surface area contributed by atoms with Crippen molar-refractivity contribution < 1.29 is 10.2 Å². The molecule has 2 fully saturated rings. The van der Waals surface area contributed by atoms with E-state index in [2.05, 4.69) is 37.4 Å². The fourth-order valence-electron chi connectivity index (χ4n) is 6.07. The molecule has 176 valence electrons. The minimum Gasteiger partial charge on any atom is -0.507 e. The highest BCUT2D eigenvalue weighted by molar-refractivity contribution is 5.53. The molecule has 4 rings (SSSR count). The van der Waals surface area contributed by atoms with E-state index in [9.17, 15) is 10.2 Å². The van der Waals surface area contributed by atoms with Crippen molar-refractivity contribution in [2.24, 2.45) is 0 Å². The highest BCUT2D eigenvalue weighted by Gasteiger charge is 2.24. The topological polar surface area (TPSA) is 40.5 Å². The average Bonchev–Trinajstić information content (AvgIpc) is 2.84. The molecule has 0 amide bonds. The van der Waals surface area contributed by atoms with Crippen LogP contribution in [0.3, 0.4) is 0 Å². The molecular formula is C31H40O2. The molecule has 0 bridgehead atoms. The normalized spacial score (nSPS) is 17.7. The van der Waals surface area contributed by atoms with Crippen molar-refractivity contribution in [1.29, 1.82) is 0 Å². The molecule has 0 radical (unpaired) electrons. The van der Waals surface area contributed by atoms with Gasteiger partial charge in [-0.1, -0.05) is 74.9 Å². The number of hydrogen-bond donors (Lipinski definition) is 2. The predicted octanol–water partition coefficient (Wildman–Crippen LogP) is 8.24. The van der Waals surface area contributed by atoms with Crippen LogP contribution in [0.2, 0.25) is 0 Å². The van der Waals surface area contributed by atoms with Crippen LogP contribution in [0.5, 0.6) is 11.5 Å². The van der Waals surface area contributed by atoms with Gasteiger partial charge >= 0.3 is 0 Å². The van der Waals surface area contributed by atoms with E-state index < -0.39 is 0 Å². The molecule has 0 unspecified atom stereocenters. The molecule has 2 heteroatoms. The first-order valence-corrected chi connectivity index (χ1v) is 13.0. The molecule has 0 aliphatic heterocycles. The van der Waals surface area contributed by atoms with E-state index in [-0.39, 0.29) is 0 Å². The lowest BCUT2D eigenvalue weighted by Crippen LogP contribution is -2.08. The van der Waals surface area contributed by atoms with Crippen LogP contribution in [0.15, 0.2) is 49.6 Å². The highest BCUT2D eigenvalue weighted by Crippen LogP contribution is 2.43. The predicted molar refractivity (Wildman–Crippen MR) is 138 cm³/mol. The largest absolute Gasteiger partial charge is 0.507 e. The lowest BCUT2D eigenvalue weighted by atomic mass is 9.80. The van der Waals surface area contributed by atoms with Gasteiger partial charge in [-0.15, -0.1) is 13.2 Å². The Morgan fingerprint density at radius 3 is 1.39 bits per heavy atom. The summed E-state index contributed by atoms with van der Waals surface area (Å²) in [6, 6.07) is 8.61. The van der Waals surface area contributed by atoms with Gasteiger partial charge in [0.1, 0.15) is 11.5 Å². The third-order valence-electron chi connectivity index (χ3n) is 7.79. The van der Waals surface area contributed by atoms with Crippen molar-refractivity contribution in [2.75, 3.05) is 0 Å². The van der Waals surface area contributed by atoms with E-state index in [0.717, 1.165) is 60.8 Å². The summed E-state index contributed by atoms with van der Waals surface area (Å²) in [5.41, 5.74) is 6.45. The Balaban J connectivity index is 1.73. The molecule has 2 saturated carbocycles. The van der Waals surface area contributed by atoms with Gasteiger partial charge in [0.15, 0.2) is 0 Å². The Morgan fingerprint density at radius 2 is 1.03 bits per heavy atom. The Kier molecular flexibility index (Phi) is 7.96. The van der Waals surface area contributed by atoms with Gasteiger partial charge in [0.2, 0.25) is 0 Å². The van der Waals surface area contributed by atoms with Crippen LogP contribution < -0.4 is 0 Å². The summed E-state index contributed by atoms with van der Waals surface area (Å²) in [5, 5.41) is 22.7. The Labute approximate surface area is 200 Å². The second kappa shape index (κ2) is 11.1. The zero-order chi connectivity index (χ0) is 23.2. The summed E-state index contributed by atoms with van der Waals surface area (Å²) < 4.78 is 0. The lowest BCUT2D eigenvalue weighted by molar-refractivity contribution is 0.408. The minimum atomic E-state index is 0.431. The summed E-state index contributed by atoms with van der Waals surface area (Å²) >= 11 is 0. The van der Waals surface area contributed by atoms with Crippen molar-refractivity contribution in [3.63, 3.8) is 0 Å². The van der Waals surface area contributed by atoms with Gasteiger partial charge in [-0.2, -0.15) is 0 Å². The van der Waals surface area contributed by atoms with Crippen molar-refractivity contribution in [3.05, 3.63) is 83.0 Å². The van der Waals surface area contributed by atoms with E-state index in [1.807, 2.05) is 12.2 Å². The molecule has 0 aromatic heterocycles. The Hall–Kier alpha value is -2.48. The van der Waals surface area contributed by atoms with Gasteiger partial charge in [-0.25, -0.2) is 0 Å². The van der Waals surface area contributed by atoms with E-state index >= 15 is 0 Å². The maximum Gasteiger partial charge on any atom is 0.122 e. The van der Waals surface area contributed by atoms with Crippen molar-refractivity contribution >= 4 is 0 Å². The second-order valence-electron chi connectivity index (χ2n) is 10.2. The standard InChI is InChI=1S/C31H40O2/c1-3-11-22-17-26(30(32)28(19-22)24-13-7-5-8-14-24)21-27-18-23(12-4-2)20-29(31(27)33)25-15-9-6-10-16-25/h3-4,17-20,24-25,32-33H,1-2,5-16,21H2. The summed E-state index contributed by atoms with van der Waals surface area (Å²) in [7, 11) is 0. The first-order valence-electron chi connectivity index (χ1n) is 13.0. The van der Waals surface area contributed by atoms with E-state index in [1.54, 1.807) is 0 Å². The summed E-state index contributed by atoms with van der Waals surface area (Å²) in [6.45, 7) is 7.86. The molecular weight excluding hydrogens is 404 g/mol.